The predicted octanol–water partition coefficient (Wildman–Crippen LogP) is 2.35. The molecule has 0 aliphatic carbocycles. The number of hydrogen-bond donors (Lipinski definition) is 1. The largest absolute Gasteiger partial charge is 0.378 e. The lowest BCUT2D eigenvalue weighted by Gasteiger charge is -2.32. The molecule has 2 aliphatic heterocycles. The zero-order valence-electron chi connectivity index (χ0n) is 11.3. The fourth-order valence-electron chi connectivity index (χ4n) is 3.05. The molecule has 0 radical (unpaired) electrons. The first-order chi connectivity index (χ1) is 8.24. The van der Waals surface area contributed by atoms with Gasteiger partial charge in [0.25, 0.3) is 0 Å². The van der Waals surface area contributed by atoms with E-state index in [1.807, 2.05) is 0 Å². The molecule has 2 atom stereocenters. The van der Waals surface area contributed by atoms with Crippen molar-refractivity contribution in [1.29, 1.82) is 0 Å². The summed E-state index contributed by atoms with van der Waals surface area (Å²) in [7, 11) is 0. The lowest BCUT2D eigenvalue weighted by Crippen LogP contribution is -2.34. The van der Waals surface area contributed by atoms with Crippen LogP contribution >= 0.6 is 0 Å². The van der Waals surface area contributed by atoms with Crippen LogP contribution in [0.25, 0.3) is 0 Å². The summed E-state index contributed by atoms with van der Waals surface area (Å²) in [6, 6.07) is 0. The summed E-state index contributed by atoms with van der Waals surface area (Å²) in [6.45, 7) is 7.62. The second-order valence-electron chi connectivity index (χ2n) is 5.70. The van der Waals surface area contributed by atoms with E-state index in [9.17, 15) is 0 Å². The van der Waals surface area contributed by atoms with Crippen molar-refractivity contribution in [3.8, 4) is 0 Å². The molecule has 0 saturated carbocycles. The van der Waals surface area contributed by atoms with Gasteiger partial charge in [-0.15, -0.1) is 0 Å². The van der Waals surface area contributed by atoms with Gasteiger partial charge in [0, 0.05) is 6.61 Å². The van der Waals surface area contributed by atoms with E-state index < -0.39 is 0 Å². The molecule has 0 aromatic heterocycles. The van der Waals surface area contributed by atoms with E-state index in [-0.39, 0.29) is 0 Å². The molecule has 0 aromatic rings. The summed E-state index contributed by atoms with van der Waals surface area (Å²) in [5, 5.41) is 3.41. The number of ether oxygens (including phenoxy) is 2. The van der Waals surface area contributed by atoms with Crippen molar-refractivity contribution in [2.24, 2.45) is 5.92 Å². The summed E-state index contributed by atoms with van der Waals surface area (Å²) in [5.41, 5.74) is 0. The van der Waals surface area contributed by atoms with Crippen molar-refractivity contribution >= 4 is 0 Å². The lowest BCUT2D eigenvalue weighted by molar-refractivity contribution is -0.103. The van der Waals surface area contributed by atoms with Crippen LogP contribution in [0.1, 0.15) is 46.0 Å². The van der Waals surface area contributed by atoms with Crippen LogP contribution in [0.5, 0.6) is 0 Å². The topological polar surface area (TPSA) is 30.5 Å². The van der Waals surface area contributed by atoms with Crippen LogP contribution in [0.2, 0.25) is 0 Å². The Bertz CT molecular complexity index is 206. The molecular formula is C14H27NO2. The first kappa shape index (κ1) is 13.3. The molecule has 2 saturated heterocycles. The molecule has 0 bridgehead atoms. The van der Waals surface area contributed by atoms with Gasteiger partial charge in [-0.2, -0.15) is 0 Å². The molecule has 3 nitrogen and oxygen atoms in total. The van der Waals surface area contributed by atoms with Crippen LogP contribution in [0.3, 0.4) is 0 Å². The maximum absolute atomic E-state index is 6.03. The molecule has 3 heteroatoms. The van der Waals surface area contributed by atoms with Gasteiger partial charge < -0.3 is 14.8 Å². The van der Waals surface area contributed by atoms with Gasteiger partial charge in [-0.1, -0.05) is 0 Å². The van der Waals surface area contributed by atoms with Crippen molar-refractivity contribution in [2.75, 3.05) is 19.7 Å². The molecule has 0 aromatic carbocycles. The van der Waals surface area contributed by atoms with Gasteiger partial charge in [0.1, 0.15) is 0 Å². The highest BCUT2D eigenvalue weighted by Gasteiger charge is 2.25. The highest BCUT2D eigenvalue weighted by Crippen LogP contribution is 2.23. The van der Waals surface area contributed by atoms with Gasteiger partial charge in [-0.3, -0.25) is 0 Å². The van der Waals surface area contributed by atoms with Gasteiger partial charge >= 0.3 is 0 Å². The minimum atomic E-state index is 0.364. The third kappa shape index (κ3) is 4.57. The van der Waals surface area contributed by atoms with E-state index in [4.69, 9.17) is 9.47 Å². The highest BCUT2D eigenvalue weighted by atomic mass is 16.5. The average molecular weight is 241 g/mol. The van der Waals surface area contributed by atoms with E-state index in [1.54, 1.807) is 0 Å². The van der Waals surface area contributed by atoms with Crippen LogP contribution in [0.15, 0.2) is 0 Å². The number of piperidine rings is 1. The number of rotatable bonds is 4. The van der Waals surface area contributed by atoms with E-state index >= 15 is 0 Å². The van der Waals surface area contributed by atoms with Crippen LogP contribution in [-0.2, 0) is 9.47 Å². The van der Waals surface area contributed by atoms with Crippen LogP contribution in [0, 0.1) is 5.92 Å². The minimum absolute atomic E-state index is 0.364. The third-order valence-electron chi connectivity index (χ3n) is 3.99. The summed E-state index contributed by atoms with van der Waals surface area (Å²) >= 11 is 0. The van der Waals surface area contributed by atoms with Crippen molar-refractivity contribution in [3.63, 3.8) is 0 Å². The van der Waals surface area contributed by atoms with Crippen molar-refractivity contribution in [3.05, 3.63) is 0 Å². The van der Waals surface area contributed by atoms with Gasteiger partial charge in [0.2, 0.25) is 0 Å². The Labute approximate surface area is 105 Å². The quantitative estimate of drug-likeness (QED) is 0.819. The molecule has 0 amide bonds. The van der Waals surface area contributed by atoms with Gasteiger partial charge in [-0.05, 0) is 65.0 Å². The number of nitrogens with one attached hydrogen (secondary N) is 1. The first-order valence-electron chi connectivity index (χ1n) is 7.22. The molecule has 2 heterocycles. The number of hydrogen-bond acceptors (Lipinski definition) is 3. The normalized spacial score (nSPS) is 36.0. The van der Waals surface area contributed by atoms with Crippen molar-refractivity contribution in [1.82, 2.24) is 5.32 Å². The molecule has 1 N–H and O–H groups in total. The highest BCUT2D eigenvalue weighted by molar-refractivity contribution is 4.74. The minimum Gasteiger partial charge on any atom is -0.378 e. The molecule has 2 unspecified atom stereocenters. The second-order valence-corrected chi connectivity index (χ2v) is 5.70. The zero-order chi connectivity index (χ0) is 12.1. The average Bonchev–Trinajstić information content (AvgIpc) is 2.29. The van der Waals surface area contributed by atoms with Gasteiger partial charge in [-0.25, -0.2) is 0 Å². The Morgan fingerprint density at radius 1 is 1.12 bits per heavy atom. The Kier molecular flexibility index (Phi) is 5.26. The van der Waals surface area contributed by atoms with Crippen LogP contribution < -0.4 is 5.32 Å². The van der Waals surface area contributed by atoms with Crippen molar-refractivity contribution < 1.29 is 9.47 Å². The van der Waals surface area contributed by atoms with E-state index in [1.165, 1.54) is 32.4 Å². The summed E-state index contributed by atoms with van der Waals surface area (Å²) in [4.78, 5) is 0. The van der Waals surface area contributed by atoms with E-state index in [0.717, 1.165) is 25.4 Å². The van der Waals surface area contributed by atoms with E-state index in [0.29, 0.717) is 18.3 Å². The molecule has 2 aliphatic rings. The van der Waals surface area contributed by atoms with Crippen LogP contribution in [-0.4, -0.2) is 38.0 Å². The van der Waals surface area contributed by atoms with Gasteiger partial charge in [0.15, 0.2) is 0 Å². The third-order valence-corrected chi connectivity index (χ3v) is 3.99. The Hall–Kier alpha value is -0.120. The van der Waals surface area contributed by atoms with Crippen LogP contribution in [0.4, 0.5) is 0 Å². The fraction of sp³-hybridized carbons (Fsp3) is 1.00. The Morgan fingerprint density at radius 2 is 1.76 bits per heavy atom. The predicted molar refractivity (Wildman–Crippen MR) is 69.2 cm³/mol. The Morgan fingerprint density at radius 3 is 2.41 bits per heavy atom. The van der Waals surface area contributed by atoms with Crippen molar-refractivity contribution in [2.45, 2.75) is 64.3 Å². The maximum atomic E-state index is 6.03. The lowest BCUT2D eigenvalue weighted by atomic mass is 9.95. The molecule has 2 rings (SSSR count). The fourth-order valence-corrected chi connectivity index (χ4v) is 3.05. The standard InChI is InChI=1S/C14H27NO2/c1-11-9-14(10-12(2)17-11)16-8-5-13-3-6-15-7-4-13/h11-15H,3-10H2,1-2H3. The Balaban J connectivity index is 1.60. The summed E-state index contributed by atoms with van der Waals surface area (Å²) < 4.78 is 11.8. The molecule has 2 fully saturated rings. The van der Waals surface area contributed by atoms with Gasteiger partial charge in [0.05, 0.1) is 18.3 Å². The summed E-state index contributed by atoms with van der Waals surface area (Å²) in [6.07, 6.45) is 7.17. The second kappa shape index (κ2) is 6.72. The molecule has 100 valence electrons. The zero-order valence-corrected chi connectivity index (χ0v) is 11.3. The molecule has 17 heavy (non-hydrogen) atoms. The smallest absolute Gasteiger partial charge is 0.0624 e. The molecular weight excluding hydrogens is 214 g/mol. The first-order valence-corrected chi connectivity index (χ1v) is 7.22. The SMILES string of the molecule is CC1CC(OCCC2CCNCC2)CC(C)O1. The van der Waals surface area contributed by atoms with E-state index in [2.05, 4.69) is 19.2 Å². The maximum Gasteiger partial charge on any atom is 0.0624 e. The monoisotopic (exact) mass is 241 g/mol. The molecule has 0 spiro atoms. The summed E-state index contributed by atoms with van der Waals surface area (Å²) in [5.74, 6) is 0.880.